The number of carbonyl (C=O) groups is 3. The van der Waals surface area contributed by atoms with Gasteiger partial charge in [-0.2, -0.15) is 9.59 Å². The Morgan fingerprint density at radius 3 is 1.70 bits per heavy atom. The molecule has 350 valence electrons. The van der Waals surface area contributed by atoms with Gasteiger partial charge in [0.1, 0.15) is 5.78 Å². The second-order valence-corrected chi connectivity index (χ2v) is 16.4. The van der Waals surface area contributed by atoms with Crippen LogP contribution in [0.4, 0.5) is 0 Å². The number of aryl methyl sites for hydroxylation is 4. The predicted octanol–water partition coefficient (Wildman–Crippen LogP) is 3.51. The molecule has 2 aromatic rings. The Morgan fingerprint density at radius 2 is 1.24 bits per heavy atom. The van der Waals surface area contributed by atoms with Crippen LogP contribution in [-0.2, 0) is 66.9 Å². The number of hydrogen-bond acceptors (Lipinski definition) is 10. The van der Waals surface area contributed by atoms with Gasteiger partial charge in [0.05, 0.1) is 52.2 Å². The zero-order valence-corrected chi connectivity index (χ0v) is 40.1. The van der Waals surface area contributed by atoms with Gasteiger partial charge in [-0.05, 0) is 136 Å². The quantitative estimate of drug-likeness (QED) is 0.143. The predicted molar refractivity (Wildman–Crippen MR) is 237 cm³/mol. The Hall–Kier alpha value is -4.36. The molecule has 12 nitrogen and oxygen atoms in total. The summed E-state index contributed by atoms with van der Waals surface area (Å²) in [6.45, 7) is 16.4. The zero-order valence-electron chi connectivity index (χ0n) is 39.4. The first-order valence-corrected chi connectivity index (χ1v) is 21.4. The van der Waals surface area contributed by atoms with Crippen LogP contribution in [0, 0.1) is 49.9 Å². The van der Waals surface area contributed by atoms with E-state index in [0.29, 0.717) is 51.5 Å². The van der Waals surface area contributed by atoms with E-state index in [4.69, 9.17) is 38.4 Å². The second-order valence-electron chi connectivity index (χ2n) is 16.4. The van der Waals surface area contributed by atoms with Crippen LogP contribution >= 0.6 is 0 Å². The highest BCUT2D eigenvalue weighted by atomic mass is 35.5. The van der Waals surface area contributed by atoms with Crippen LogP contribution in [0.1, 0.15) is 130 Å². The number of carboxylic acids is 1. The van der Waals surface area contributed by atoms with Crippen LogP contribution < -0.4 is 18.1 Å². The SMILES string of the molecule is CC#Cc1cc(C)c(CC(=O)CC2(C)CCCC(OCCOC)C2)c(C)c1.CC#Cc1cc(C)c(CC(=O)O)c(CC)c1.COCCOC1CCCC([NH3+])(C(=O)OC)C1.O=C=O.[Cl-]. The van der Waals surface area contributed by atoms with Gasteiger partial charge >= 0.3 is 18.1 Å². The molecular formula is C50H72ClNO11. The van der Waals surface area contributed by atoms with E-state index in [1.165, 1.54) is 7.11 Å². The molecule has 13 heteroatoms. The number of benzene rings is 2. The molecule has 63 heavy (non-hydrogen) atoms. The van der Waals surface area contributed by atoms with E-state index in [9.17, 15) is 14.4 Å². The van der Waals surface area contributed by atoms with Crippen molar-refractivity contribution in [1.29, 1.82) is 0 Å². The van der Waals surface area contributed by atoms with Crippen molar-refractivity contribution in [2.24, 2.45) is 5.41 Å². The van der Waals surface area contributed by atoms with E-state index in [-0.39, 0.29) is 48.6 Å². The molecule has 2 saturated carbocycles. The fraction of sp³-hybridized carbons (Fsp3) is 0.600. The lowest BCUT2D eigenvalue weighted by Crippen LogP contribution is -3.00. The number of Topliss-reactive ketones (excluding diaryl/α,β-unsaturated/α-hetero) is 1. The molecule has 0 saturated heterocycles. The summed E-state index contributed by atoms with van der Waals surface area (Å²) >= 11 is 0. The van der Waals surface area contributed by atoms with Gasteiger partial charge in [0.25, 0.3) is 0 Å². The van der Waals surface area contributed by atoms with Crippen molar-refractivity contribution >= 4 is 23.9 Å². The Kier molecular flexibility index (Phi) is 29.3. The summed E-state index contributed by atoms with van der Waals surface area (Å²) in [7, 11) is 4.74. The molecule has 4 unspecified atom stereocenters. The number of aliphatic carboxylic acids is 1. The lowest BCUT2D eigenvalue weighted by molar-refractivity contribution is -0.472. The average Bonchev–Trinajstić information content (AvgIpc) is 3.21. The number of carbonyl (C=O) groups excluding carboxylic acids is 4. The first-order valence-electron chi connectivity index (χ1n) is 21.4. The zero-order chi connectivity index (χ0) is 46.7. The molecule has 2 aliphatic carbocycles. The highest BCUT2D eigenvalue weighted by Crippen LogP contribution is 2.40. The number of methoxy groups -OCH3 is 3. The maximum absolute atomic E-state index is 12.9. The lowest BCUT2D eigenvalue weighted by Gasteiger charge is -2.37. The summed E-state index contributed by atoms with van der Waals surface area (Å²) in [5.41, 5.74) is 11.9. The molecule has 0 amide bonds. The Balaban J connectivity index is 0.000000925. The van der Waals surface area contributed by atoms with Gasteiger partial charge in [0, 0.05) is 51.0 Å². The van der Waals surface area contributed by atoms with Gasteiger partial charge in [-0.1, -0.05) is 32.1 Å². The minimum Gasteiger partial charge on any atom is -1.00 e. The first kappa shape index (κ1) is 58.6. The summed E-state index contributed by atoms with van der Waals surface area (Å²) in [6, 6.07) is 8.12. The van der Waals surface area contributed by atoms with Gasteiger partial charge in [-0.15, -0.1) is 11.8 Å². The fourth-order valence-electron chi connectivity index (χ4n) is 8.31. The van der Waals surface area contributed by atoms with Gasteiger partial charge in [-0.3, -0.25) is 9.59 Å². The summed E-state index contributed by atoms with van der Waals surface area (Å²) in [6.07, 6.45) is 10.3. The standard InChI is InChI=1S/C24H34O3.C14H16O2.C11H21NO4.CO2.ClH/c1-6-8-20-13-18(2)23(19(3)14-20)15-21(25)16-24(4)10-7-9-22(17-24)27-12-11-26-5;1-4-6-11-7-10(3)13(9-14(15)16)12(5-2)8-11;1-14-6-7-16-9-4-3-5-11(12,8-9)10(13)15-2;2-1-3;/h13-14,22H,7,9-12,15-17H2,1-5H3;7-8H,5,9H2,1-3H3,(H,15,16);9H,3-8,12H2,1-2H3;;1H. The number of halogens is 1. The highest BCUT2D eigenvalue weighted by Gasteiger charge is 2.44. The lowest BCUT2D eigenvalue weighted by atomic mass is 9.71. The summed E-state index contributed by atoms with van der Waals surface area (Å²) in [5.74, 6) is 11.2. The van der Waals surface area contributed by atoms with Crippen LogP contribution in [0.2, 0.25) is 0 Å². The molecule has 4 atom stereocenters. The maximum Gasteiger partial charge on any atom is 0.373 e. The van der Waals surface area contributed by atoms with Gasteiger partial charge < -0.3 is 46.9 Å². The van der Waals surface area contributed by atoms with Crippen LogP contribution in [-0.4, -0.2) is 94.5 Å². The minimum atomic E-state index is -0.785. The van der Waals surface area contributed by atoms with E-state index < -0.39 is 11.5 Å². The number of carboxylic acid groups (broad SMARTS) is 1. The third-order valence-corrected chi connectivity index (χ3v) is 11.2. The van der Waals surface area contributed by atoms with Crippen molar-refractivity contribution < 1.29 is 70.9 Å². The van der Waals surface area contributed by atoms with Crippen LogP contribution in [0.25, 0.3) is 0 Å². The Morgan fingerprint density at radius 1 is 0.762 bits per heavy atom. The number of hydrogen-bond donors (Lipinski definition) is 2. The number of ether oxygens (including phenoxy) is 5. The van der Waals surface area contributed by atoms with Crippen LogP contribution in [0.5, 0.6) is 0 Å². The van der Waals surface area contributed by atoms with Crippen LogP contribution in [0.15, 0.2) is 24.3 Å². The smallest absolute Gasteiger partial charge is 0.373 e. The topological polar surface area (TPSA) is 179 Å². The molecule has 0 aliphatic heterocycles. The molecule has 0 bridgehead atoms. The molecule has 0 radical (unpaired) electrons. The molecular weight excluding hydrogens is 826 g/mol. The van der Waals surface area contributed by atoms with Gasteiger partial charge in [0.15, 0.2) is 5.54 Å². The molecule has 2 aromatic carbocycles. The van der Waals surface area contributed by atoms with Crippen molar-refractivity contribution in [3.63, 3.8) is 0 Å². The fourth-order valence-corrected chi connectivity index (χ4v) is 8.31. The normalized spacial score (nSPS) is 19.7. The van der Waals surface area contributed by atoms with E-state index in [1.807, 2.05) is 32.9 Å². The first-order chi connectivity index (χ1) is 29.5. The van der Waals surface area contributed by atoms with Gasteiger partial charge in [0.2, 0.25) is 0 Å². The Bertz CT molecular complexity index is 1880. The second kappa shape index (κ2) is 31.5. The van der Waals surface area contributed by atoms with Crippen LogP contribution in [0.3, 0.4) is 0 Å². The van der Waals surface area contributed by atoms with Crippen molar-refractivity contribution in [2.45, 2.75) is 143 Å². The summed E-state index contributed by atoms with van der Waals surface area (Å²) in [4.78, 5) is 51.5. The summed E-state index contributed by atoms with van der Waals surface area (Å²) in [5, 5.41) is 8.86. The number of rotatable bonds is 16. The largest absolute Gasteiger partial charge is 1.00 e. The monoisotopic (exact) mass is 897 g/mol. The number of ketones is 1. The van der Waals surface area contributed by atoms with E-state index in [0.717, 1.165) is 95.9 Å². The molecule has 4 N–H and O–H groups in total. The third kappa shape index (κ3) is 21.7. The van der Waals surface area contributed by atoms with Crippen molar-refractivity contribution in [1.82, 2.24) is 0 Å². The molecule has 0 spiro atoms. The van der Waals surface area contributed by atoms with E-state index in [2.05, 4.69) is 62.3 Å². The molecule has 2 fully saturated rings. The van der Waals surface area contributed by atoms with Gasteiger partial charge in [-0.25, -0.2) is 4.79 Å². The van der Waals surface area contributed by atoms with Crippen molar-refractivity contribution in [2.75, 3.05) is 47.8 Å². The molecule has 4 rings (SSSR count). The van der Waals surface area contributed by atoms with E-state index >= 15 is 0 Å². The van der Waals surface area contributed by atoms with Crippen molar-refractivity contribution in [3.05, 3.63) is 68.8 Å². The van der Waals surface area contributed by atoms with Crippen molar-refractivity contribution in [3.8, 4) is 23.7 Å². The number of quaternary nitrogens is 1. The van der Waals surface area contributed by atoms with E-state index in [1.54, 1.807) is 21.1 Å². The minimum absolute atomic E-state index is 0. The molecule has 0 aromatic heterocycles. The maximum atomic E-state index is 12.9. The Labute approximate surface area is 382 Å². The summed E-state index contributed by atoms with van der Waals surface area (Å²) < 4.78 is 26.4. The molecule has 2 aliphatic rings. The average molecular weight is 899 g/mol. The third-order valence-electron chi connectivity index (χ3n) is 11.2. The molecule has 0 heterocycles. The number of esters is 1. The highest BCUT2D eigenvalue weighted by molar-refractivity contribution is 5.82.